The highest BCUT2D eigenvalue weighted by Gasteiger charge is 2.13. The van der Waals surface area contributed by atoms with E-state index in [0.717, 1.165) is 10.4 Å². The fourth-order valence-electron chi connectivity index (χ4n) is 1.78. The maximum absolute atomic E-state index is 11.8. The van der Waals surface area contributed by atoms with Crippen LogP contribution in [0.3, 0.4) is 0 Å². The summed E-state index contributed by atoms with van der Waals surface area (Å²) in [4.78, 5) is 30.2. The Hall–Kier alpha value is -2.47. The molecule has 94 valence electrons. The number of carboxylic acid groups (broad SMARTS) is 1. The van der Waals surface area contributed by atoms with Gasteiger partial charge in [0.2, 0.25) is 5.82 Å². The van der Waals surface area contributed by atoms with E-state index in [9.17, 15) is 9.59 Å². The van der Waals surface area contributed by atoms with Crippen molar-refractivity contribution in [1.29, 1.82) is 0 Å². The van der Waals surface area contributed by atoms with Gasteiger partial charge >= 0.3 is 5.97 Å². The lowest BCUT2D eigenvalue weighted by molar-refractivity contribution is 0.0683. The van der Waals surface area contributed by atoms with E-state index < -0.39 is 11.5 Å². The summed E-state index contributed by atoms with van der Waals surface area (Å²) in [5.74, 6) is -1.58. The minimum atomic E-state index is -1.24. The van der Waals surface area contributed by atoms with Crippen molar-refractivity contribution in [2.75, 3.05) is 0 Å². The van der Waals surface area contributed by atoms with Crippen LogP contribution in [-0.4, -0.2) is 21.0 Å². The zero-order chi connectivity index (χ0) is 13.4. The summed E-state index contributed by atoms with van der Waals surface area (Å²) >= 11 is 1.30. The van der Waals surface area contributed by atoms with E-state index in [0.29, 0.717) is 10.2 Å². The van der Waals surface area contributed by atoms with Crippen LogP contribution in [0.2, 0.25) is 0 Å². The van der Waals surface area contributed by atoms with Gasteiger partial charge in [-0.3, -0.25) is 4.79 Å². The first-order valence-corrected chi connectivity index (χ1v) is 6.29. The second-order valence-electron chi connectivity index (χ2n) is 3.92. The van der Waals surface area contributed by atoms with Gasteiger partial charge in [0.05, 0.1) is 5.39 Å². The van der Waals surface area contributed by atoms with Crippen LogP contribution < -0.4 is 5.56 Å². The van der Waals surface area contributed by atoms with E-state index in [-0.39, 0.29) is 5.82 Å². The molecule has 0 aliphatic rings. The molecule has 0 spiro atoms. The van der Waals surface area contributed by atoms with Crippen molar-refractivity contribution < 1.29 is 9.90 Å². The number of nitrogens with zero attached hydrogens (tertiary/aromatic N) is 1. The molecule has 0 saturated carbocycles. The number of rotatable bonds is 2. The first kappa shape index (κ1) is 11.6. The van der Waals surface area contributed by atoms with Gasteiger partial charge in [-0.15, -0.1) is 11.3 Å². The van der Waals surface area contributed by atoms with Gasteiger partial charge in [-0.25, -0.2) is 9.78 Å². The van der Waals surface area contributed by atoms with Crippen molar-refractivity contribution >= 4 is 27.5 Å². The summed E-state index contributed by atoms with van der Waals surface area (Å²) in [6, 6.07) is 11.3. The molecule has 1 aromatic carbocycles. The lowest BCUT2D eigenvalue weighted by Gasteiger charge is -1.93. The molecule has 6 heteroatoms. The minimum absolute atomic E-state index is 0.334. The van der Waals surface area contributed by atoms with Crippen LogP contribution in [-0.2, 0) is 0 Å². The third-order valence-corrected chi connectivity index (χ3v) is 3.74. The number of fused-ring (bicyclic) bond motifs is 1. The monoisotopic (exact) mass is 272 g/mol. The Morgan fingerprint density at radius 1 is 1.26 bits per heavy atom. The topological polar surface area (TPSA) is 83.0 Å². The van der Waals surface area contributed by atoms with Crippen LogP contribution in [0.15, 0.2) is 41.2 Å². The molecule has 5 nitrogen and oxygen atoms in total. The van der Waals surface area contributed by atoms with Gasteiger partial charge in [0.1, 0.15) is 4.83 Å². The maximum Gasteiger partial charge on any atom is 0.372 e. The first-order chi connectivity index (χ1) is 9.15. The predicted molar refractivity (Wildman–Crippen MR) is 72.6 cm³/mol. The Balaban J connectivity index is 2.24. The number of aromatic nitrogens is 2. The van der Waals surface area contributed by atoms with Gasteiger partial charge in [0, 0.05) is 4.88 Å². The molecule has 0 aliphatic heterocycles. The van der Waals surface area contributed by atoms with E-state index in [2.05, 4.69) is 9.97 Å². The van der Waals surface area contributed by atoms with Gasteiger partial charge in [0.25, 0.3) is 5.56 Å². The molecule has 0 aliphatic carbocycles. The van der Waals surface area contributed by atoms with E-state index in [1.54, 1.807) is 6.07 Å². The van der Waals surface area contributed by atoms with Gasteiger partial charge in [-0.05, 0) is 11.6 Å². The molecule has 3 rings (SSSR count). The normalized spacial score (nSPS) is 10.7. The van der Waals surface area contributed by atoms with E-state index in [1.807, 2.05) is 30.3 Å². The van der Waals surface area contributed by atoms with Crippen LogP contribution in [0, 0.1) is 0 Å². The SMILES string of the molecule is O=C(O)c1nc2sc(-c3ccccc3)cc2c(=O)[nH]1. The number of H-pyrrole nitrogens is 1. The molecule has 2 N–H and O–H groups in total. The van der Waals surface area contributed by atoms with E-state index in [4.69, 9.17) is 5.11 Å². The molecule has 0 atom stereocenters. The smallest absolute Gasteiger partial charge is 0.372 e. The van der Waals surface area contributed by atoms with Crippen LogP contribution >= 0.6 is 11.3 Å². The molecule has 2 heterocycles. The maximum atomic E-state index is 11.8. The Bertz CT molecular complexity index is 821. The average Bonchev–Trinajstić information content (AvgIpc) is 2.84. The van der Waals surface area contributed by atoms with Crippen LogP contribution in [0.1, 0.15) is 10.6 Å². The largest absolute Gasteiger partial charge is 0.475 e. The second kappa shape index (κ2) is 4.33. The van der Waals surface area contributed by atoms with Crippen molar-refractivity contribution in [2.45, 2.75) is 0 Å². The third-order valence-electron chi connectivity index (χ3n) is 2.66. The van der Waals surface area contributed by atoms with E-state index >= 15 is 0 Å². The van der Waals surface area contributed by atoms with Gasteiger partial charge < -0.3 is 10.1 Å². The summed E-state index contributed by atoms with van der Waals surface area (Å²) in [7, 11) is 0. The summed E-state index contributed by atoms with van der Waals surface area (Å²) in [6.45, 7) is 0. The number of nitrogens with one attached hydrogen (secondary N) is 1. The molecule has 0 unspecified atom stereocenters. The zero-order valence-corrected chi connectivity index (χ0v) is 10.4. The van der Waals surface area contributed by atoms with Crippen molar-refractivity contribution in [1.82, 2.24) is 9.97 Å². The van der Waals surface area contributed by atoms with Crippen LogP contribution in [0.25, 0.3) is 20.7 Å². The molecular weight excluding hydrogens is 264 g/mol. The average molecular weight is 272 g/mol. The van der Waals surface area contributed by atoms with Gasteiger partial charge in [-0.1, -0.05) is 30.3 Å². The van der Waals surface area contributed by atoms with Crippen molar-refractivity contribution in [3.05, 3.63) is 52.6 Å². The van der Waals surface area contributed by atoms with Crippen molar-refractivity contribution in [3.8, 4) is 10.4 Å². The Kier molecular flexibility index (Phi) is 2.64. The highest BCUT2D eigenvalue weighted by Crippen LogP contribution is 2.30. The summed E-state index contributed by atoms with van der Waals surface area (Å²) in [5.41, 5.74) is 0.544. The number of thiophene rings is 1. The molecule has 2 aromatic heterocycles. The zero-order valence-electron chi connectivity index (χ0n) is 9.58. The number of aromatic carboxylic acids is 1. The Morgan fingerprint density at radius 3 is 2.68 bits per heavy atom. The minimum Gasteiger partial charge on any atom is -0.475 e. The summed E-state index contributed by atoms with van der Waals surface area (Å²) in [5, 5.41) is 9.28. The molecule has 0 amide bonds. The number of aromatic amines is 1. The summed E-state index contributed by atoms with van der Waals surface area (Å²) < 4.78 is 0. The molecule has 3 aromatic rings. The molecule has 0 fully saturated rings. The lowest BCUT2D eigenvalue weighted by Crippen LogP contribution is -2.14. The fraction of sp³-hybridized carbons (Fsp3) is 0. The number of hydrogen-bond donors (Lipinski definition) is 2. The number of carbonyl (C=O) groups is 1. The third kappa shape index (κ3) is 2.02. The number of carboxylic acids is 1. The molecular formula is C13H8N2O3S. The van der Waals surface area contributed by atoms with Gasteiger partial charge in [-0.2, -0.15) is 0 Å². The quantitative estimate of drug-likeness (QED) is 0.750. The molecule has 0 saturated heterocycles. The second-order valence-corrected chi connectivity index (χ2v) is 4.95. The molecule has 0 bridgehead atoms. The van der Waals surface area contributed by atoms with Crippen LogP contribution in [0.4, 0.5) is 0 Å². The standard InChI is InChI=1S/C13H8N2O3S/c16-11-8-6-9(7-4-2-1-3-5-7)19-12(8)15-10(14-11)13(17)18/h1-6H,(H,17,18)(H,14,15,16). The Labute approximate surface area is 111 Å². The lowest BCUT2D eigenvalue weighted by atomic mass is 10.2. The highest BCUT2D eigenvalue weighted by molar-refractivity contribution is 7.21. The number of benzene rings is 1. The highest BCUT2D eigenvalue weighted by atomic mass is 32.1. The fourth-order valence-corrected chi connectivity index (χ4v) is 2.82. The van der Waals surface area contributed by atoms with E-state index in [1.165, 1.54) is 11.3 Å². The molecule has 0 radical (unpaired) electrons. The van der Waals surface area contributed by atoms with Crippen molar-refractivity contribution in [3.63, 3.8) is 0 Å². The molecule has 19 heavy (non-hydrogen) atoms. The summed E-state index contributed by atoms with van der Waals surface area (Å²) in [6.07, 6.45) is 0. The first-order valence-electron chi connectivity index (χ1n) is 5.48. The number of hydrogen-bond acceptors (Lipinski definition) is 4. The predicted octanol–water partition coefficient (Wildman–Crippen LogP) is 2.35. The van der Waals surface area contributed by atoms with Crippen LogP contribution in [0.5, 0.6) is 0 Å². The van der Waals surface area contributed by atoms with Gasteiger partial charge in [0.15, 0.2) is 0 Å². The van der Waals surface area contributed by atoms with Crippen molar-refractivity contribution in [2.24, 2.45) is 0 Å². The Morgan fingerprint density at radius 2 is 2.00 bits per heavy atom.